The quantitative estimate of drug-likeness (QED) is 0.601. The topological polar surface area (TPSA) is 36.9 Å². The van der Waals surface area contributed by atoms with E-state index in [0.29, 0.717) is 66.8 Å². The van der Waals surface area contributed by atoms with Gasteiger partial charge in [-0.15, -0.1) is 0 Å². The van der Waals surface area contributed by atoms with Crippen molar-refractivity contribution >= 4 is 15.0 Å². The fourth-order valence-electron chi connectivity index (χ4n) is 1.66. The average molecular weight is 281 g/mol. The molecule has 0 N–H and O–H groups in total. The van der Waals surface area contributed by atoms with Crippen LogP contribution < -0.4 is 0 Å². The van der Waals surface area contributed by atoms with Gasteiger partial charge in [0.15, 0.2) is 0 Å². The van der Waals surface area contributed by atoms with Crippen molar-refractivity contribution in [1.29, 1.82) is 0 Å². The summed E-state index contributed by atoms with van der Waals surface area (Å²) < 4.78 is 22.3. The number of hydrogen-bond acceptors (Lipinski definition) is 4. The van der Waals surface area contributed by atoms with Crippen molar-refractivity contribution in [3.05, 3.63) is 0 Å². The van der Waals surface area contributed by atoms with E-state index in [0.717, 1.165) is 0 Å². The first kappa shape index (κ1) is 11.8. The molecule has 2 heterocycles. The molecule has 0 bridgehead atoms. The van der Waals surface area contributed by atoms with E-state index in [1.807, 2.05) is 0 Å². The van der Waals surface area contributed by atoms with Gasteiger partial charge in [0.1, 0.15) is 0 Å². The monoisotopic (exact) mass is 282 g/mol. The zero-order valence-corrected chi connectivity index (χ0v) is 10.6. The predicted octanol–water partition coefficient (Wildman–Crippen LogP) is 0.358. The molecule has 0 saturated carbocycles. The average Bonchev–Trinajstić information content (AvgIpc) is 2.65. The number of hydrogen-bond donors (Lipinski definition) is 0. The van der Waals surface area contributed by atoms with Gasteiger partial charge >= 0.3 is 96.4 Å². The number of rotatable bonds is 0. The molecule has 0 aromatic rings. The second kappa shape index (κ2) is 6.84. The molecule has 2 atom stereocenters. The molecular formula is C10H18O4Se. The van der Waals surface area contributed by atoms with E-state index in [-0.39, 0.29) is 0 Å². The van der Waals surface area contributed by atoms with Crippen molar-refractivity contribution in [1.82, 2.24) is 0 Å². The van der Waals surface area contributed by atoms with Gasteiger partial charge in [0, 0.05) is 0 Å². The zero-order chi connectivity index (χ0) is 10.3. The van der Waals surface area contributed by atoms with Crippen molar-refractivity contribution in [2.75, 3.05) is 39.6 Å². The molecule has 2 fully saturated rings. The fraction of sp³-hybridized carbons (Fsp3) is 1.00. The van der Waals surface area contributed by atoms with Crippen LogP contribution in [0.1, 0.15) is 0 Å². The number of fused-ring (bicyclic) bond motifs is 1. The predicted molar refractivity (Wildman–Crippen MR) is 56.5 cm³/mol. The van der Waals surface area contributed by atoms with Crippen LogP contribution in [0.2, 0.25) is 10.6 Å². The Hall–Kier alpha value is 0.359. The van der Waals surface area contributed by atoms with Crippen LogP contribution in [0.4, 0.5) is 0 Å². The van der Waals surface area contributed by atoms with Gasteiger partial charge in [0.2, 0.25) is 0 Å². The van der Waals surface area contributed by atoms with Gasteiger partial charge in [0.05, 0.1) is 0 Å². The molecule has 2 rings (SSSR count). The Bertz CT molecular complexity index is 161. The van der Waals surface area contributed by atoms with Crippen molar-refractivity contribution in [2.24, 2.45) is 0 Å². The van der Waals surface area contributed by atoms with E-state index in [2.05, 4.69) is 0 Å². The molecule has 2 aliphatic heterocycles. The molecule has 0 aliphatic carbocycles. The molecule has 0 radical (unpaired) electrons. The summed E-state index contributed by atoms with van der Waals surface area (Å²) in [7, 11) is 0. The SMILES string of the molecule is C1COCCOC2C[Se]CC2OCCO1. The van der Waals surface area contributed by atoms with Gasteiger partial charge < -0.3 is 0 Å². The number of ether oxygens (including phenoxy) is 4. The van der Waals surface area contributed by atoms with E-state index in [1.165, 1.54) is 10.6 Å². The molecule has 0 aromatic heterocycles. The molecular weight excluding hydrogens is 263 g/mol. The maximum absolute atomic E-state index is 5.76. The maximum atomic E-state index is 5.76. The van der Waals surface area contributed by atoms with Crippen LogP contribution in [-0.2, 0) is 18.9 Å². The van der Waals surface area contributed by atoms with Crippen LogP contribution >= 0.6 is 0 Å². The second-order valence-electron chi connectivity index (χ2n) is 3.58. The van der Waals surface area contributed by atoms with Crippen LogP contribution in [0.3, 0.4) is 0 Å². The van der Waals surface area contributed by atoms with E-state index in [4.69, 9.17) is 18.9 Å². The van der Waals surface area contributed by atoms with Gasteiger partial charge in [-0.1, -0.05) is 0 Å². The molecule has 5 heteroatoms. The Morgan fingerprint density at radius 3 is 1.67 bits per heavy atom. The van der Waals surface area contributed by atoms with Crippen LogP contribution in [0.5, 0.6) is 0 Å². The summed E-state index contributed by atoms with van der Waals surface area (Å²) in [4.78, 5) is 0. The van der Waals surface area contributed by atoms with Crippen molar-refractivity contribution in [2.45, 2.75) is 22.8 Å². The molecule has 2 unspecified atom stereocenters. The standard InChI is InChI=1S/C10H18O4Se/c1-2-12-4-6-14-10-8-15-7-9(10)13-5-3-11-1/h9-10H,1-8H2. The molecule has 88 valence electrons. The van der Waals surface area contributed by atoms with Gasteiger partial charge in [-0.2, -0.15) is 0 Å². The Morgan fingerprint density at radius 1 is 0.667 bits per heavy atom. The summed E-state index contributed by atoms with van der Waals surface area (Å²) in [6.07, 6.45) is 0.598. The third-order valence-corrected chi connectivity index (χ3v) is 4.84. The summed E-state index contributed by atoms with van der Waals surface area (Å²) in [5.41, 5.74) is 0. The van der Waals surface area contributed by atoms with Crippen LogP contribution in [-0.4, -0.2) is 66.8 Å². The third kappa shape index (κ3) is 4.02. The minimum atomic E-state index is 0.299. The summed E-state index contributed by atoms with van der Waals surface area (Å²) in [5, 5.41) is 2.36. The fourth-order valence-corrected chi connectivity index (χ4v) is 4.23. The van der Waals surface area contributed by atoms with E-state index in [1.54, 1.807) is 0 Å². The Morgan fingerprint density at radius 2 is 1.13 bits per heavy atom. The first-order valence-corrected chi connectivity index (χ1v) is 7.85. The first-order chi connectivity index (χ1) is 7.47. The van der Waals surface area contributed by atoms with Crippen molar-refractivity contribution in [3.8, 4) is 0 Å². The Balaban J connectivity index is 1.77. The van der Waals surface area contributed by atoms with Crippen LogP contribution in [0, 0.1) is 0 Å². The summed E-state index contributed by atoms with van der Waals surface area (Å²) in [5.74, 6) is 0. The van der Waals surface area contributed by atoms with E-state index >= 15 is 0 Å². The normalized spacial score (nSPS) is 35.2. The Labute approximate surface area is 96.7 Å². The summed E-state index contributed by atoms with van der Waals surface area (Å²) in [6.45, 7) is 4.00. The third-order valence-electron chi connectivity index (χ3n) is 2.47. The van der Waals surface area contributed by atoms with Crippen molar-refractivity contribution in [3.63, 3.8) is 0 Å². The van der Waals surface area contributed by atoms with Crippen LogP contribution in [0.15, 0.2) is 0 Å². The summed E-state index contributed by atoms with van der Waals surface area (Å²) in [6, 6.07) is 0. The minimum absolute atomic E-state index is 0.299. The van der Waals surface area contributed by atoms with Gasteiger partial charge in [-0.3, -0.25) is 0 Å². The van der Waals surface area contributed by atoms with E-state index < -0.39 is 0 Å². The molecule has 4 nitrogen and oxygen atoms in total. The van der Waals surface area contributed by atoms with Gasteiger partial charge in [-0.05, 0) is 0 Å². The second-order valence-corrected chi connectivity index (χ2v) is 5.84. The Kier molecular flexibility index (Phi) is 5.39. The summed E-state index contributed by atoms with van der Waals surface area (Å²) >= 11 is 0.692. The van der Waals surface area contributed by atoms with Gasteiger partial charge in [-0.25, -0.2) is 0 Å². The van der Waals surface area contributed by atoms with Crippen LogP contribution in [0.25, 0.3) is 0 Å². The molecule has 2 aliphatic rings. The molecule has 0 amide bonds. The molecule has 0 aromatic carbocycles. The molecule has 2 saturated heterocycles. The first-order valence-electron chi connectivity index (χ1n) is 5.43. The molecule has 15 heavy (non-hydrogen) atoms. The molecule has 0 spiro atoms. The zero-order valence-electron chi connectivity index (χ0n) is 8.85. The van der Waals surface area contributed by atoms with Crippen molar-refractivity contribution < 1.29 is 18.9 Å². The van der Waals surface area contributed by atoms with E-state index in [9.17, 15) is 0 Å². The van der Waals surface area contributed by atoms with Gasteiger partial charge in [0.25, 0.3) is 0 Å².